The van der Waals surface area contributed by atoms with Gasteiger partial charge in [-0.3, -0.25) is 4.79 Å². The number of halogens is 1. The Morgan fingerprint density at radius 1 is 1.26 bits per heavy atom. The number of rotatable bonds is 3. The first-order valence-electron chi connectivity index (χ1n) is 7.50. The summed E-state index contributed by atoms with van der Waals surface area (Å²) in [6.07, 6.45) is 0. The average Bonchev–Trinajstić information content (AvgIpc) is 2.44. The van der Waals surface area contributed by atoms with Crippen LogP contribution in [-0.2, 0) is 18.4 Å². The predicted octanol–water partition coefficient (Wildman–Crippen LogP) is 3.61. The Bertz CT molecular complexity index is 796. The Morgan fingerprint density at radius 3 is 2.43 bits per heavy atom. The third-order valence-electron chi connectivity index (χ3n) is 3.78. The Morgan fingerprint density at radius 2 is 1.87 bits per heavy atom. The monoisotopic (exact) mass is 354 g/mol. The van der Waals surface area contributed by atoms with Gasteiger partial charge in [-0.05, 0) is 63.3 Å². The molecule has 4 nitrogen and oxygen atoms in total. The summed E-state index contributed by atoms with van der Waals surface area (Å²) >= 11 is 4.97. The van der Waals surface area contributed by atoms with E-state index in [0.29, 0.717) is 10.5 Å². The molecule has 0 aliphatic heterocycles. The van der Waals surface area contributed by atoms with E-state index in [2.05, 4.69) is 4.72 Å². The lowest BCUT2D eigenvalue weighted by molar-refractivity contribution is 0.532. The maximum atomic E-state index is 12.5. The first-order chi connectivity index (χ1) is 10.5. The number of aromatic nitrogens is 1. The van der Waals surface area contributed by atoms with Crippen molar-refractivity contribution in [3.8, 4) is 0 Å². The maximum Gasteiger partial charge on any atom is 0.259 e. The average molecular weight is 355 g/mol. The van der Waals surface area contributed by atoms with Crippen molar-refractivity contribution in [2.24, 2.45) is 7.05 Å². The van der Waals surface area contributed by atoms with E-state index in [1.165, 1.54) is 4.57 Å². The van der Waals surface area contributed by atoms with E-state index in [1.54, 1.807) is 13.1 Å². The molecule has 1 heterocycles. The van der Waals surface area contributed by atoms with Crippen molar-refractivity contribution in [3.63, 3.8) is 0 Å². The van der Waals surface area contributed by atoms with Crippen LogP contribution in [0.5, 0.6) is 0 Å². The second-order valence-electron chi connectivity index (χ2n) is 6.87. The number of hydrogen-bond donors (Lipinski definition) is 1. The fraction of sp³-hybridized carbons (Fsp3) is 0.471. The molecule has 0 aliphatic rings. The molecule has 0 unspecified atom stereocenters. The Balaban J connectivity index is 2.59. The topological polar surface area (TPSA) is 57.1 Å². The van der Waals surface area contributed by atoms with Crippen LogP contribution in [0.2, 0.25) is 5.15 Å². The van der Waals surface area contributed by atoms with Crippen molar-refractivity contribution < 1.29 is 4.55 Å². The lowest BCUT2D eigenvalue weighted by Gasteiger charge is -2.27. The second kappa shape index (κ2) is 6.48. The number of benzene rings is 1. The third kappa shape index (κ3) is 3.74. The van der Waals surface area contributed by atoms with Gasteiger partial charge in [0.1, 0.15) is 9.90 Å². The minimum Gasteiger partial charge on any atom is -0.598 e. The maximum absolute atomic E-state index is 12.5. The van der Waals surface area contributed by atoms with E-state index in [4.69, 9.17) is 11.6 Å². The highest BCUT2D eigenvalue weighted by Gasteiger charge is 2.29. The molecule has 2 atom stereocenters. The van der Waals surface area contributed by atoms with E-state index in [0.717, 1.165) is 16.5 Å². The highest BCUT2D eigenvalue weighted by molar-refractivity contribution is 7.90. The fourth-order valence-corrected chi connectivity index (χ4v) is 3.40. The number of pyridine rings is 1. The molecule has 23 heavy (non-hydrogen) atoms. The van der Waals surface area contributed by atoms with Gasteiger partial charge in [-0.1, -0.05) is 17.7 Å². The molecule has 1 aromatic carbocycles. The second-order valence-corrected chi connectivity index (χ2v) is 9.25. The van der Waals surface area contributed by atoms with Crippen molar-refractivity contribution in [3.05, 3.63) is 44.8 Å². The Labute approximate surface area is 145 Å². The van der Waals surface area contributed by atoms with Crippen molar-refractivity contribution in [2.45, 2.75) is 45.4 Å². The predicted molar refractivity (Wildman–Crippen MR) is 98.4 cm³/mol. The van der Waals surface area contributed by atoms with E-state index in [1.807, 2.05) is 46.8 Å². The zero-order valence-corrected chi connectivity index (χ0v) is 15.9. The van der Waals surface area contributed by atoms with Crippen LogP contribution >= 0.6 is 11.6 Å². The van der Waals surface area contributed by atoms with Gasteiger partial charge in [-0.2, -0.15) is 0 Å². The summed E-state index contributed by atoms with van der Waals surface area (Å²) in [5, 5.41) is 1.81. The largest absolute Gasteiger partial charge is 0.598 e. The zero-order valence-electron chi connectivity index (χ0n) is 14.4. The lowest BCUT2D eigenvalue weighted by Crippen LogP contribution is -2.40. The molecule has 0 saturated heterocycles. The van der Waals surface area contributed by atoms with Gasteiger partial charge in [0.2, 0.25) is 0 Å². The summed E-state index contributed by atoms with van der Waals surface area (Å²) in [4.78, 5) is 12.5. The first-order valence-corrected chi connectivity index (χ1v) is 9.03. The summed E-state index contributed by atoms with van der Waals surface area (Å²) in [6, 6.07) is 5.51. The first kappa shape index (κ1) is 18.3. The van der Waals surface area contributed by atoms with Crippen molar-refractivity contribution in [1.82, 2.24) is 9.29 Å². The van der Waals surface area contributed by atoms with E-state index in [-0.39, 0.29) is 16.3 Å². The van der Waals surface area contributed by atoms with Gasteiger partial charge in [0.05, 0.1) is 6.04 Å². The molecule has 1 aromatic heterocycles. The molecule has 0 fully saturated rings. The molecule has 0 amide bonds. The summed E-state index contributed by atoms with van der Waals surface area (Å²) < 4.78 is 16.6. The van der Waals surface area contributed by atoms with E-state index < -0.39 is 11.4 Å². The molecule has 0 spiro atoms. The van der Waals surface area contributed by atoms with Crippen LogP contribution in [0, 0.1) is 6.92 Å². The van der Waals surface area contributed by atoms with E-state index in [9.17, 15) is 9.35 Å². The number of nitrogens with one attached hydrogen (secondary N) is 1. The molecular weight excluding hydrogens is 332 g/mol. The van der Waals surface area contributed by atoms with Gasteiger partial charge < -0.3 is 9.12 Å². The van der Waals surface area contributed by atoms with Gasteiger partial charge in [0.15, 0.2) is 0 Å². The smallest absolute Gasteiger partial charge is 0.259 e. The van der Waals surface area contributed by atoms with Crippen LogP contribution in [-0.4, -0.2) is 13.9 Å². The molecule has 2 aromatic rings. The van der Waals surface area contributed by atoms with Crippen molar-refractivity contribution in [1.29, 1.82) is 0 Å². The molecule has 0 bridgehead atoms. The normalized spacial score (nSPS) is 15.0. The minimum absolute atomic E-state index is 0.124. The quantitative estimate of drug-likeness (QED) is 0.676. The van der Waals surface area contributed by atoms with Crippen LogP contribution in [0.15, 0.2) is 23.0 Å². The van der Waals surface area contributed by atoms with E-state index >= 15 is 0 Å². The van der Waals surface area contributed by atoms with Crippen LogP contribution in [0.25, 0.3) is 10.8 Å². The van der Waals surface area contributed by atoms with Crippen molar-refractivity contribution >= 4 is 33.7 Å². The summed E-state index contributed by atoms with van der Waals surface area (Å²) in [5.41, 5.74) is 1.79. The Hall–Kier alpha value is -1.01. The summed E-state index contributed by atoms with van der Waals surface area (Å²) in [7, 11) is 1.66. The van der Waals surface area contributed by atoms with Crippen LogP contribution in [0.1, 0.15) is 44.9 Å². The lowest BCUT2D eigenvalue weighted by atomic mass is 9.98. The van der Waals surface area contributed by atoms with Gasteiger partial charge in [0.25, 0.3) is 5.56 Å². The van der Waals surface area contributed by atoms with Crippen LogP contribution < -0.4 is 10.3 Å². The van der Waals surface area contributed by atoms with Crippen LogP contribution in [0.3, 0.4) is 0 Å². The van der Waals surface area contributed by atoms with Gasteiger partial charge in [-0.25, -0.2) is 0 Å². The SMILES string of the molecule is Cc1cc([C@@H](C)N[S@+]([O-])C(C)(C)C)c2cc(Cl)n(C)c(=O)c2c1. The van der Waals surface area contributed by atoms with Gasteiger partial charge in [-0.15, -0.1) is 4.72 Å². The molecule has 2 rings (SSSR count). The molecule has 126 valence electrons. The zero-order chi connectivity index (χ0) is 17.5. The number of aryl methyl sites for hydroxylation is 1. The number of fused-ring (bicyclic) bond motifs is 1. The fourth-order valence-electron chi connectivity index (χ4n) is 2.42. The number of hydrogen-bond acceptors (Lipinski definition) is 3. The molecule has 1 N–H and O–H groups in total. The molecular formula is C17H23ClN2O2S. The third-order valence-corrected chi connectivity index (χ3v) is 5.82. The summed E-state index contributed by atoms with van der Waals surface area (Å²) in [6.45, 7) is 9.66. The standard InChI is InChI=1S/C17H23ClN2O2S/c1-10-7-12(11(2)19-23(22)17(3,4)5)13-9-15(18)20(6)16(21)14(13)8-10/h7-9,11,19H,1-6H3/t11-,23-/m1/s1. The van der Waals surface area contributed by atoms with Gasteiger partial charge >= 0.3 is 0 Å². The molecule has 0 radical (unpaired) electrons. The van der Waals surface area contributed by atoms with Crippen LogP contribution in [0.4, 0.5) is 0 Å². The Kier molecular flexibility index (Phi) is 5.16. The van der Waals surface area contributed by atoms with Crippen molar-refractivity contribution in [2.75, 3.05) is 0 Å². The summed E-state index contributed by atoms with van der Waals surface area (Å²) in [5.74, 6) is 0. The van der Waals surface area contributed by atoms with Gasteiger partial charge in [0, 0.05) is 23.8 Å². The number of nitrogens with zero attached hydrogens (tertiary/aromatic N) is 1. The highest BCUT2D eigenvalue weighted by Crippen LogP contribution is 2.28. The molecule has 0 saturated carbocycles. The molecule has 0 aliphatic carbocycles. The highest BCUT2D eigenvalue weighted by atomic mass is 35.5. The minimum atomic E-state index is -1.20. The molecule has 6 heteroatoms.